The molecule has 0 radical (unpaired) electrons. The lowest BCUT2D eigenvalue weighted by atomic mass is 9.99. The van der Waals surface area contributed by atoms with Crippen LogP contribution in [0.3, 0.4) is 0 Å². The molecule has 0 amide bonds. The van der Waals surface area contributed by atoms with Crippen LogP contribution in [0.15, 0.2) is 89.4 Å². The standard InChI is InChI=1S/C30H23BrN6/c1-18-25(22-13-8-5-9-14-22)28-35-29(37-30(36(28)33-18)27(31)20(3)34-37)26(19(2)32-35)24-16-10-15-23(17-24)21-11-6-4-7-12-21/h4-17H,1-3H3. The summed E-state index contributed by atoms with van der Waals surface area (Å²) in [6.07, 6.45) is 0. The molecular weight excluding hydrogens is 524 g/mol. The average molecular weight is 547 g/mol. The summed E-state index contributed by atoms with van der Waals surface area (Å²) in [4.78, 5) is 0. The number of fused-ring (bicyclic) bond motifs is 6. The monoisotopic (exact) mass is 546 g/mol. The second-order valence-corrected chi connectivity index (χ2v) is 10.1. The summed E-state index contributed by atoms with van der Waals surface area (Å²) in [5.74, 6) is 0. The van der Waals surface area contributed by atoms with E-state index in [1.807, 2.05) is 32.6 Å². The van der Waals surface area contributed by atoms with Crippen LogP contribution in [0.5, 0.6) is 0 Å². The summed E-state index contributed by atoms with van der Waals surface area (Å²) in [5.41, 5.74) is 12.1. The van der Waals surface area contributed by atoms with E-state index in [9.17, 15) is 0 Å². The Morgan fingerprint density at radius 2 is 0.946 bits per heavy atom. The van der Waals surface area contributed by atoms with Gasteiger partial charge in [0.05, 0.1) is 21.6 Å². The fraction of sp³-hybridized carbons (Fsp3) is 0.100. The van der Waals surface area contributed by atoms with Crippen LogP contribution in [0.25, 0.3) is 50.3 Å². The second-order valence-electron chi connectivity index (χ2n) is 9.34. The van der Waals surface area contributed by atoms with Gasteiger partial charge in [0, 0.05) is 11.1 Å². The highest BCUT2D eigenvalue weighted by Crippen LogP contribution is 2.37. The lowest BCUT2D eigenvalue weighted by molar-refractivity contribution is 0.815. The van der Waals surface area contributed by atoms with Crippen LogP contribution in [0, 0.1) is 20.8 Å². The maximum atomic E-state index is 5.09. The summed E-state index contributed by atoms with van der Waals surface area (Å²) in [5, 5.41) is 15.0. The number of rotatable bonds is 3. The summed E-state index contributed by atoms with van der Waals surface area (Å²) in [6.45, 7) is 6.12. The summed E-state index contributed by atoms with van der Waals surface area (Å²) < 4.78 is 6.86. The molecule has 7 aromatic rings. The minimum Gasteiger partial charge on any atom is -0.195 e. The van der Waals surface area contributed by atoms with Gasteiger partial charge in [0.15, 0.2) is 16.9 Å². The first-order valence-electron chi connectivity index (χ1n) is 12.2. The van der Waals surface area contributed by atoms with Gasteiger partial charge in [-0.15, -0.1) is 0 Å². The highest BCUT2D eigenvalue weighted by molar-refractivity contribution is 9.10. The number of benzene rings is 3. The maximum absolute atomic E-state index is 5.09. The van der Waals surface area contributed by atoms with Gasteiger partial charge in [-0.2, -0.15) is 28.8 Å². The molecule has 0 fully saturated rings. The van der Waals surface area contributed by atoms with E-state index in [1.165, 1.54) is 5.56 Å². The molecule has 7 heteroatoms. The molecule has 0 aliphatic carbocycles. The van der Waals surface area contributed by atoms with Crippen LogP contribution in [-0.4, -0.2) is 28.8 Å². The van der Waals surface area contributed by atoms with Crippen molar-refractivity contribution >= 4 is 32.9 Å². The Morgan fingerprint density at radius 1 is 0.486 bits per heavy atom. The molecule has 0 unspecified atom stereocenters. The van der Waals surface area contributed by atoms with E-state index in [2.05, 4.69) is 103 Å². The number of nitrogens with zero attached hydrogens (tertiary/aromatic N) is 6. The fourth-order valence-corrected chi connectivity index (χ4v) is 5.72. The third kappa shape index (κ3) is 3.20. The van der Waals surface area contributed by atoms with E-state index in [4.69, 9.17) is 15.3 Å². The Kier molecular flexibility index (Phi) is 4.84. The van der Waals surface area contributed by atoms with Gasteiger partial charge in [-0.05, 0) is 65.0 Å². The van der Waals surface area contributed by atoms with Gasteiger partial charge in [-0.3, -0.25) is 0 Å². The van der Waals surface area contributed by atoms with Crippen molar-refractivity contribution < 1.29 is 0 Å². The highest BCUT2D eigenvalue weighted by Gasteiger charge is 2.26. The van der Waals surface area contributed by atoms with Crippen molar-refractivity contribution in [3.8, 4) is 33.4 Å². The molecule has 37 heavy (non-hydrogen) atoms. The Labute approximate surface area is 221 Å². The van der Waals surface area contributed by atoms with Crippen LogP contribution in [0.2, 0.25) is 0 Å². The van der Waals surface area contributed by atoms with E-state index in [-0.39, 0.29) is 0 Å². The Balaban J connectivity index is 1.63. The molecule has 0 atom stereocenters. The molecule has 0 saturated carbocycles. The molecule has 0 N–H and O–H groups in total. The number of hydrogen-bond acceptors (Lipinski definition) is 3. The topological polar surface area (TPSA) is 51.9 Å². The van der Waals surface area contributed by atoms with Crippen molar-refractivity contribution in [3.05, 3.63) is 106 Å². The molecule has 4 heterocycles. The van der Waals surface area contributed by atoms with Crippen LogP contribution >= 0.6 is 15.9 Å². The molecule has 0 bridgehead atoms. The van der Waals surface area contributed by atoms with E-state index in [1.54, 1.807) is 0 Å². The Hall–Kier alpha value is -4.23. The van der Waals surface area contributed by atoms with Gasteiger partial charge in [-0.1, -0.05) is 78.9 Å². The minimum absolute atomic E-state index is 0.880. The van der Waals surface area contributed by atoms with Gasteiger partial charge in [-0.25, -0.2) is 0 Å². The van der Waals surface area contributed by atoms with Crippen LogP contribution in [0.4, 0.5) is 0 Å². The zero-order valence-electron chi connectivity index (χ0n) is 20.6. The van der Waals surface area contributed by atoms with Crippen molar-refractivity contribution in [1.29, 1.82) is 0 Å². The zero-order valence-corrected chi connectivity index (χ0v) is 22.2. The molecule has 4 aromatic heterocycles. The number of halogens is 1. The summed E-state index contributed by atoms with van der Waals surface area (Å²) >= 11 is 3.80. The summed E-state index contributed by atoms with van der Waals surface area (Å²) in [6, 6.07) is 29.5. The Morgan fingerprint density at radius 3 is 1.57 bits per heavy atom. The van der Waals surface area contributed by atoms with E-state index < -0.39 is 0 Å². The SMILES string of the molecule is Cc1nn2c(c1Br)n1nc(C)c(-c3ccccc3)c1n1nc(C)c(-c3cccc(-c4ccccc4)c3)c21. The maximum Gasteiger partial charge on any atom is 0.175 e. The molecule has 0 aliphatic rings. The first kappa shape index (κ1) is 22.0. The van der Waals surface area contributed by atoms with Crippen molar-refractivity contribution in [3.63, 3.8) is 0 Å². The smallest absolute Gasteiger partial charge is 0.175 e. The van der Waals surface area contributed by atoms with Crippen LogP contribution < -0.4 is 0 Å². The first-order valence-corrected chi connectivity index (χ1v) is 13.0. The fourth-order valence-electron chi connectivity index (χ4n) is 5.31. The molecule has 7 rings (SSSR count). The number of aryl methyl sites for hydroxylation is 3. The third-order valence-corrected chi connectivity index (χ3v) is 7.89. The molecule has 0 spiro atoms. The van der Waals surface area contributed by atoms with Crippen LogP contribution in [0.1, 0.15) is 17.1 Å². The van der Waals surface area contributed by atoms with Gasteiger partial charge in [0.2, 0.25) is 0 Å². The zero-order chi connectivity index (χ0) is 25.3. The van der Waals surface area contributed by atoms with Gasteiger partial charge in [0.1, 0.15) is 0 Å². The molecule has 3 aromatic carbocycles. The number of hydrogen-bond donors (Lipinski definition) is 0. The normalized spacial score (nSPS) is 11.8. The molecule has 180 valence electrons. The minimum atomic E-state index is 0.880. The quantitative estimate of drug-likeness (QED) is 0.233. The second kappa shape index (κ2) is 8.15. The lowest BCUT2D eigenvalue weighted by Gasteiger charge is -2.09. The average Bonchev–Trinajstić information content (AvgIpc) is 3.55. The third-order valence-electron chi connectivity index (χ3n) is 6.96. The first-order chi connectivity index (χ1) is 18.0. The van der Waals surface area contributed by atoms with Crippen LogP contribution in [-0.2, 0) is 0 Å². The largest absolute Gasteiger partial charge is 0.195 e. The molecular formula is C30H23BrN6. The van der Waals surface area contributed by atoms with Crippen molar-refractivity contribution in [2.45, 2.75) is 20.8 Å². The van der Waals surface area contributed by atoms with E-state index in [0.29, 0.717) is 0 Å². The van der Waals surface area contributed by atoms with Gasteiger partial charge >= 0.3 is 0 Å². The van der Waals surface area contributed by atoms with E-state index >= 15 is 0 Å². The predicted molar refractivity (Wildman–Crippen MR) is 151 cm³/mol. The summed E-state index contributed by atoms with van der Waals surface area (Å²) in [7, 11) is 0. The molecule has 0 saturated heterocycles. The van der Waals surface area contributed by atoms with Gasteiger partial charge in [0.25, 0.3) is 0 Å². The molecule has 0 aliphatic heterocycles. The number of aromatic nitrogens is 6. The van der Waals surface area contributed by atoms with Crippen molar-refractivity contribution in [1.82, 2.24) is 28.8 Å². The molecule has 6 nitrogen and oxygen atoms in total. The highest BCUT2D eigenvalue weighted by atomic mass is 79.9. The Bertz CT molecular complexity index is 1960. The van der Waals surface area contributed by atoms with E-state index in [0.717, 1.165) is 66.3 Å². The van der Waals surface area contributed by atoms with Gasteiger partial charge < -0.3 is 0 Å². The van der Waals surface area contributed by atoms with Crippen molar-refractivity contribution in [2.24, 2.45) is 0 Å². The predicted octanol–water partition coefficient (Wildman–Crippen LogP) is 7.32. The lowest BCUT2D eigenvalue weighted by Crippen LogP contribution is -2.06. The van der Waals surface area contributed by atoms with Crippen molar-refractivity contribution in [2.75, 3.05) is 0 Å².